The normalized spacial score (nSPS) is 16.8. The molecule has 1 saturated heterocycles. The molecule has 1 unspecified atom stereocenters. The van der Waals surface area contributed by atoms with Crippen molar-refractivity contribution in [2.75, 3.05) is 27.2 Å². The number of benzene rings is 2. The van der Waals surface area contributed by atoms with Crippen molar-refractivity contribution >= 4 is 35.8 Å². The maximum absolute atomic E-state index is 12.7. The Balaban J connectivity index is 0.00000385. The molecule has 0 radical (unpaired) electrons. The van der Waals surface area contributed by atoms with E-state index in [4.69, 9.17) is 0 Å². The number of hydrogen-bond acceptors (Lipinski definition) is 3. The van der Waals surface area contributed by atoms with E-state index >= 15 is 0 Å². The highest BCUT2D eigenvalue weighted by Crippen LogP contribution is 2.29. The predicted molar refractivity (Wildman–Crippen MR) is 134 cm³/mol. The highest BCUT2D eigenvalue weighted by molar-refractivity contribution is 14.0. The number of halogens is 4. The minimum absolute atomic E-state index is 0. The van der Waals surface area contributed by atoms with Crippen molar-refractivity contribution in [2.45, 2.75) is 31.7 Å². The lowest BCUT2D eigenvalue weighted by Gasteiger charge is -2.19. The first-order valence-electron chi connectivity index (χ1n) is 10.4. The molecule has 1 fully saturated rings. The SMILES string of the molecule is CN=C(NCc1ccc(C(=O)NC)cc1)NC1CCN(Cc2ccc(C(F)(F)F)cc2)C1.I. The van der Waals surface area contributed by atoms with Crippen LogP contribution < -0.4 is 16.0 Å². The van der Waals surface area contributed by atoms with Crippen LogP contribution in [0.2, 0.25) is 0 Å². The van der Waals surface area contributed by atoms with Gasteiger partial charge in [-0.25, -0.2) is 0 Å². The molecule has 0 aliphatic carbocycles. The fourth-order valence-corrected chi connectivity index (χ4v) is 3.64. The Morgan fingerprint density at radius 3 is 2.30 bits per heavy atom. The van der Waals surface area contributed by atoms with Crippen LogP contribution in [0, 0.1) is 0 Å². The smallest absolute Gasteiger partial charge is 0.355 e. The van der Waals surface area contributed by atoms with Gasteiger partial charge in [0.15, 0.2) is 5.96 Å². The number of guanidine groups is 1. The molecule has 33 heavy (non-hydrogen) atoms. The summed E-state index contributed by atoms with van der Waals surface area (Å²) in [7, 11) is 3.31. The second kappa shape index (κ2) is 12.2. The van der Waals surface area contributed by atoms with Crippen LogP contribution in [0.3, 0.4) is 0 Å². The monoisotopic (exact) mass is 575 g/mol. The molecular weight excluding hydrogens is 546 g/mol. The second-order valence-corrected chi connectivity index (χ2v) is 7.76. The Morgan fingerprint density at radius 2 is 1.73 bits per heavy atom. The summed E-state index contributed by atoms with van der Waals surface area (Å²) in [6, 6.07) is 12.9. The summed E-state index contributed by atoms with van der Waals surface area (Å²) in [5, 5.41) is 9.27. The van der Waals surface area contributed by atoms with Gasteiger partial charge in [0.1, 0.15) is 0 Å². The molecule has 10 heteroatoms. The zero-order valence-corrected chi connectivity index (χ0v) is 20.9. The standard InChI is InChI=1S/C23H28F3N5O.HI/c1-27-21(32)18-7-3-16(4-8-18)13-29-22(28-2)30-20-11-12-31(15-20)14-17-5-9-19(10-6-17)23(24,25)26;/h3-10,20H,11-15H2,1-2H3,(H,27,32)(H2,28,29,30);1H. The van der Waals surface area contributed by atoms with Crippen molar-refractivity contribution in [3.63, 3.8) is 0 Å². The van der Waals surface area contributed by atoms with Crippen LogP contribution in [-0.2, 0) is 19.3 Å². The largest absolute Gasteiger partial charge is 0.416 e. The third kappa shape index (κ3) is 7.88. The Kier molecular flexibility index (Phi) is 9.96. The molecule has 1 atom stereocenters. The summed E-state index contributed by atoms with van der Waals surface area (Å²) in [5.41, 5.74) is 1.87. The van der Waals surface area contributed by atoms with Gasteiger partial charge in [-0.3, -0.25) is 14.7 Å². The van der Waals surface area contributed by atoms with E-state index in [0.717, 1.165) is 42.8 Å². The van der Waals surface area contributed by atoms with Gasteiger partial charge in [0.2, 0.25) is 0 Å². The summed E-state index contributed by atoms with van der Waals surface area (Å²) >= 11 is 0. The molecule has 2 aromatic rings. The zero-order chi connectivity index (χ0) is 23.1. The molecule has 1 aliphatic rings. The second-order valence-electron chi connectivity index (χ2n) is 7.76. The van der Waals surface area contributed by atoms with Crippen molar-refractivity contribution in [2.24, 2.45) is 4.99 Å². The molecule has 0 bridgehead atoms. The van der Waals surface area contributed by atoms with E-state index < -0.39 is 11.7 Å². The maximum atomic E-state index is 12.7. The van der Waals surface area contributed by atoms with Crippen LogP contribution in [0.5, 0.6) is 0 Å². The van der Waals surface area contributed by atoms with E-state index in [0.29, 0.717) is 24.6 Å². The maximum Gasteiger partial charge on any atom is 0.416 e. The van der Waals surface area contributed by atoms with Crippen molar-refractivity contribution in [3.05, 3.63) is 70.8 Å². The van der Waals surface area contributed by atoms with Gasteiger partial charge < -0.3 is 16.0 Å². The lowest BCUT2D eigenvalue weighted by molar-refractivity contribution is -0.137. The van der Waals surface area contributed by atoms with Crippen LogP contribution in [0.25, 0.3) is 0 Å². The van der Waals surface area contributed by atoms with Crippen LogP contribution in [0.1, 0.15) is 33.5 Å². The number of carbonyl (C=O) groups excluding carboxylic acids is 1. The van der Waals surface area contributed by atoms with E-state index in [1.54, 1.807) is 38.4 Å². The number of alkyl halides is 3. The summed E-state index contributed by atoms with van der Waals surface area (Å²) < 4.78 is 38.1. The first kappa shape index (κ1) is 26.9. The number of nitrogens with one attached hydrogen (secondary N) is 3. The summed E-state index contributed by atoms with van der Waals surface area (Å²) in [6.07, 6.45) is -3.39. The molecule has 0 aromatic heterocycles. The lowest BCUT2D eigenvalue weighted by Crippen LogP contribution is -2.44. The molecule has 0 spiro atoms. The van der Waals surface area contributed by atoms with Gasteiger partial charge in [-0.15, -0.1) is 24.0 Å². The van der Waals surface area contributed by atoms with Gasteiger partial charge in [0, 0.05) is 51.9 Å². The third-order valence-electron chi connectivity index (χ3n) is 5.43. The molecule has 1 heterocycles. The van der Waals surface area contributed by atoms with E-state index in [1.165, 1.54) is 0 Å². The molecule has 6 nitrogen and oxygen atoms in total. The first-order valence-corrected chi connectivity index (χ1v) is 10.4. The van der Waals surface area contributed by atoms with Crippen LogP contribution >= 0.6 is 24.0 Å². The molecular formula is C23H29F3IN5O. The molecule has 1 amide bonds. The van der Waals surface area contributed by atoms with Crippen LogP contribution in [0.15, 0.2) is 53.5 Å². The highest BCUT2D eigenvalue weighted by Gasteiger charge is 2.30. The topological polar surface area (TPSA) is 68.8 Å². The van der Waals surface area contributed by atoms with Crippen LogP contribution in [0.4, 0.5) is 13.2 Å². The van der Waals surface area contributed by atoms with Gasteiger partial charge in [-0.2, -0.15) is 13.2 Å². The van der Waals surface area contributed by atoms with Gasteiger partial charge in [-0.1, -0.05) is 24.3 Å². The van der Waals surface area contributed by atoms with Crippen molar-refractivity contribution < 1.29 is 18.0 Å². The first-order chi connectivity index (χ1) is 15.3. The van der Waals surface area contributed by atoms with Gasteiger partial charge >= 0.3 is 6.18 Å². The summed E-state index contributed by atoms with van der Waals surface area (Å²) in [6.45, 7) is 2.81. The Labute approximate surface area is 209 Å². The third-order valence-corrected chi connectivity index (χ3v) is 5.43. The molecule has 3 rings (SSSR count). The van der Waals surface area contributed by atoms with Crippen molar-refractivity contribution in [1.82, 2.24) is 20.9 Å². The minimum Gasteiger partial charge on any atom is -0.355 e. The van der Waals surface area contributed by atoms with E-state index in [2.05, 4.69) is 25.8 Å². The molecule has 1 aliphatic heterocycles. The van der Waals surface area contributed by atoms with E-state index in [-0.39, 0.29) is 35.9 Å². The number of hydrogen-bond donors (Lipinski definition) is 3. The molecule has 180 valence electrons. The number of rotatable bonds is 6. The molecule has 0 saturated carbocycles. The number of carbonyl (C=O) groups is 1. The number of aliphatic imine (C=N–C) groups is 1. The minimum atomic E-state index is -4.31. The van der Waals surface area contributed by atoms with Crippen molar-refractivity contribution in [3.8, 4) is 0 Å². The van der Waals surface area contributed by atoms with E-state index in [9.17, 15) is 18.0 Å². The quantitative estimate of drug-likeness (QED) is 0.280. The average Bonchev–Trinajstić information content (AvgIpc) is 3.22. The average molecular weight is 575 g/mol. The lowest BCUT2D eigenvalue weighted by atomic mass is 10.1. The van der Waals surface area contributed by atoms with Crippen LogP contribution in [-0.4, -0.2) is 50.0 Å². The Bertz CT molecular complexity index is 933. The Morgan fingerprint density at radius 1 is 1.09 bits per heavy atom. The number of likely N-dealkylation sites (tertiary alicyclic amines) is 1. The highest BCUT2D eigenvalue weighted by atomic mass is 127. The van der Waals surface area contributed by atoms with Gasteiger partial charge in [-0.05, 0) is 41.8 Å². The molecule has 3 N–H and O–H groups in total. The summed E-state index contributed by atoms with van der Waals surface area (Å²) in [5.74, 6) is 0.561. The van der Waals surface area contributed by atoms with Crippen molar-refractivity contribution in [1.29, 1.82) is 0 Å². The van der Waals surface area contributed by atoms with E-state index in [1.807, 2.05) is 12.1 Å². The number of amides is 1. The zero-order valence-electron chi connectivity index (χ0n) is 18.6. The summed E-state index contributed by atoms with van der Waals surface area (Å²) in [4.78, 5) is 18.1. The fourth-order valence-electron chi connectivity index (χ4n) is 3.64. The molecule has 2 aromatic carbocycles. The number of nitrogens with zero attached hydrogens (tertiary/aromatic N) is 2. The Hall–Kier alpha value is -2.34. The fraction of sp³-hybridized carbons (Fsp3) is 0.391. The van der Waals surface area contributed by atoms with Gasteiger partial charge in [0.25, 0.3) is 5.91 Å². The van der Waals surface area contributed by atoms with Gasteiger partial charge in [0.05, 0.1) is 5.56 Å². The predicted octanol–water partition coefficient (Wildman–Crippen LogP) is 3.62.